The van der Waals surface area contributed by atoms with Gasteiger partial charge in [-0.25, -0.2) is 0 Å². The zero-order chi connectivity index (χ0) is 18.9. The molecule has 3 rings (SSSR count). The number of rotatable bonds is 4. The van der Waals surface area contributed by atoms with Gasteiger partial charge in [0.15, 0.2) is 0 Å². The molecule has 27 heavy (non-hydrogen) atoms. The highest BCUT2D eigenvalue weighted by atomic mass is 35.5. The SMILES string of the molecule is CC1(C)CN(C(=O)c2ccc(-c3ccc(OC(F)F)cc3)s2)CCC1N.Cl. The quantitative estimate of drug-likeness (QED) is 0.790. The Morgan fingerprint density at radius 2 is 1.93 bits per heavy atom. The molecule has 148 valence electrons. The fraction of sp³-hybridized carbons (Fsp3) is 0.421. The summed E-state index contributed by atoms with van der Waals surface area (Å²) in [6.07, 6.45) is 0.794. The lowest BCUT2D eigenvalue weighted by Gasteiger charge is -2.42. The van der Waals surface area contributed by atoms with Crippen LogP contribution in [-0.2, 0) is 0 Å². The summed E-state index contributed by atoms with van der Waals surface area (Å²) >= 11 is 1.40. The number of ether oxygens (including phenoxy) is 1. The molecule has 2 heterocycles. The molecule has 1 aromatic carbocycles. The number of thiophene rings is 1. The van der Waals surface area contributed by atoms with Crippen molar-refractivity contribution in [3.8, 4) is 16.2 Å². The van der Waals surface area contributed by atoms with E-state index >= 15 is 0 Å². The maximum absolute atomic E-state index is 12.8. The largest absolute Gasteiger partial charge is 0.435 e. The van der Waals surface area contributed by atoms with E-state index in [0.717, 1.165) is 16.9 Å². The van der Waals surface area contributed by atoms with Crippen molar-refractivity contribution in [2.45, 2.75) is 32.9 Å². The van der Waals surface area contributed by atoms with Crippen molar-refractivity contribution in [2.24, 2.45) is 11.1 Å². The third-order valence-electron chi connectivity index (χ3n) is 4.78. The molecule has 1 saturated heterocycles. The highest BCUT2D eigenvalue weighted by Gasteiger charge is 2.35. The minimum Gasteiger partial charge on any atom is -0.435 e. The van der Waals surface area contributed by atoms with Crippen LogP contribution in [0.1, 0.15) is 29.9 Å². The summed E-state index contributed by atoms with van der Waals surface area (Å²) in [5, 5.41) is 0. The zero-order valence-electron chi connectivity index (χ0n) is 15.2. The first kappa shape index (κ1) is 21.6. The number of nitrogens with zero attached hydrogens (tertiary/aromatic N) is 1. The lowest BCUT2D eigenvalue weighted by molar-refractivity contribution is -0.0498. The van der Waals surface area contributed by atoms with Crippen LogP contribution in [0.2, 0.25) is 0 Å². The van der Waals surface area contributed by atoms with Gasteiger partial charge in [-0.15, -0.1) is 23.7 Å². The topological polar surface area (TPSA) is 55.6 Å². The van der Waals surface area contributed by atoms with Gasteiger partial charge in [0.05, 0.1) is 4.88 Å². The van der Waals surface area contributed by atoms with E-state index in [1.54, 1.807) is 12.1 Å². The summed E-state index contributed by atoms with van der Waals surface area (Å²) in [7, 11) is 0. The van der Waals surface area contributed by atoms with Crippen LogP contribution < -0.4 is 10.5 Å². The second kappa shape index (κ2) is 8.54. The third kappa shape index (κ3) is 4.97. The minimum atomic E-state index is -2.84. The normalized spacial score (nSPS) is 18.9. The first-order valence-corrected chi connectivity index (χ1v) is 9.28. The monoisotopic (exact) mass is 416 g/mol. The number of amides is 1. The molecular weight excluding hydrogens is 394 g/mol. The van der Waals surface area contributed by atoms with E-state index in [4.69, 9.17) is 5.73 Å². The maximum Gasteiger partial charge on any atom is 0.387 e. The molecule has 1 amide bonds. The van der Waals surface area contributed by atoms with Crippen LogP contribution in [0.5, 0.6) is 5.75 Å². The summed E-state index contributed by atoms with van der Waals surface area (Å²) in [5.41, 5.74) is 6.90. The average molecular weight is 417 g/mol. The molecular formula is C19H23ClF2N2O2S. The summed E-state index contributed by atoms with van der Waals surface area (Å²) in [6.45, 7) is 2.63. The Hall–Kier alpha value is -1.70. The van der Waals surface area contributed by atoms with Crippen molar-refractivity contribution in [3.63, 3.8) is 0 Å². The van der Waals surface area contributed by atoms with Crippen LogP contribution in [0, 0.1) is 5.41 Å². The van der Waals surface area contributed by atoms with E-state index in [0.29, 0.717) is 18.0 Å². The lowest BCUT2D eigenvalue weighted by atomic mass is 9.79. The number of benzene rings is 1. The predicted molar refractivity (Wildman–Crippen MR) is 106 cm³/mol. The average Bonchev–Trinajstić information content (AvgIpc) is 3.07. The summed E-state index contributed by atoms with van der Waals surface area (Å²) in [6, 6.07) is 10.2. The van der Waals surface area contributed by atoms with E-state index in [1.807, 2.05) is 17.0 Å². The van der Waals surface area contributed by atoms with E-state index in [2.05, 4.69) is 18.6 Å². The van der Waals surface area contributed by atoms with E-state index in [1.165, 1.54) is 23.5 Å². The van der Waals surface area contributed by atoms with Crippen LogP contribution in [0.15, 0.2) is 36.4 Å². The Morgan fingerprint density at radius 3 is 2.52 bits per heavy atom. The van der Waals surface area contributed by atoms with Gasteiger partial charge in [-0.2, -0.15) is 8.78 Å². The van der Waals surface area contributed by atoms with E-state index in [-0.39, 0.29) is 35.5 Å². The van der Waals surface area contributed by atoms with Gasteiger partial charge >= 0.3 is 6.61 Å². The van der Waals surface area contributed by atoms with Crippen LogP contribution in [0.3, 0.4) is 0 Å². The van der Waals surface area contributed by atoms with Crippen molar-refractivity contribution < 1.29 is 18.3 Å². The summed E-state index contributed by atoms with van der Waals surface area (Å²) in [4.78, 5) is 16.2. The second-order valence-electron chi connectivity index (χ2n) is 7.18. The molecule has 0 aliphatic carbocycles. The molecule has 1 aliphatic rings. The van der Waals surface area contributed by atoms with Gasteiger partial charge in [0, 0.05) is 24.0 Å². The van der Waals surface area contributed by atoms with Gasteiger partial charge in [0.1, 0.15) is 5.75 Å². The molecule has 0 radical (unpaired) electrons. The summed E-state index contributed by atoms with van der Waals surface area (Å²) in [5.74, 6) is 0.127. The standard InChI is InChI=1S/C19H22F2N2O2S.ClH/c1-19(2)11-23(10-9-16(19)22)17(24)15-8-7-14(26-15)12-3-5-13(6-4-12)25-18(20)21;/h3-8,16,18H,9-11,22H2,1-2H3;1H. The highest BCUT2D eigenvalue weighted by molar-refractivity contribution is 7.17. The van der Waals surface area contributed by atoms with Crippen molar-refractivity contribution in [1.82, 2.24) is 4.90 Å². The van der Waals surface area contributed by atoms with E-state index < -0.39 is 6.61 Å². The Balaban J connectivity index is 0.00000261. The Kier molecular flexibility index (Phi) is 6.83. The van der Waals surface area contributed by atoms with Gasteiger partial charge < -0.3 is 15.4 Å². The predicted octanol–water partition coefficient (Wildman–Crippen LogP) is 4.64. The van der Waals surface area contributed by atoms with Crippen LogP contribution >= 0.6 is 23.7 Å². The number of nitrogens with two attached hydrogens (primary N) is 1. The van der Waals surface area contributed by atoms with Gasteiger partial charge in [-0.1, -0.05) is 13.8 Å². The third-order valence-corrected chi connectivity index (χ3v) is 5.90. The second-order valence-corrected chi connectivity index (χ2v) is 8.26. The number of likely N-dealkylation sites (tertiary alicyclic amines) is 1. The summed E-state index contributed by atoms with van der Waals surface area (Å²) < 4.78 is 28.8. The molecule has 1 atom stereocenters. The zero-order valence-corrected chi connectivity index (χ0v) is 16.8. The minimum absolute atomic E-state index is 0. The van der Waals surface area contributed by atoms with Crippen LogP contribution in [0.4, 0.5) is 8.78 Å². The fourth-order valence-electron chi connectivity index (χ4n) is 3.11. The Labute approximate surface area is 167 Å². The van der Waals surface area contributed by atoms with Crippen LogP contribution in [0.25, 0.3) is 10.4 Å². The van der Waals surface area contributed by atoms with Gasteiger partial charge in [-0.05, 0) is 53.8 Å². The number of alkyl halides is 2. The molecule has 2 aromatic rings. The molecule has 8 heteroatoms. The number of hydrogen-bond donors (Lipinski definition) is 1. The maximum atomic E-state index is 12.8. The number of piperidine rings is 1. The van der Waals surface area contributed by atoms with Crippen molar-refractivity contribution >= 4 is 29.7 Å². The van der Waals surface area contributed by atoms with Gasteiger partial charge in [0.25, 0.3) is 5.91 Å². The fourth-order valence-corrected chi connectivity index (χ4v) is 4.09. The Morgan fingerprint density at radius 1 is 1.26 bits per heavy atom. The molecule has 0 bridgehead atoms. The number of carbonyl (C=O) groups excluding carboxylic acids is 1. The molecule has 0 saturated carbocycles. The van der Waals surface area contributed by atoms with Crippen LogP contribution in [-0.4, -0.2) is 36.5 Å². The molecule has 1 unspecified atom stereocenters. The highest BCUT2D eigenvalue weighted by Crippen LogP contribution is 2.33. The number of hydrogen-bond acceptors (Lipinski definition) is 4. The van der Waals surface area contributed by atoms with Crippen molar-refractivity contribution in [2.75, 3.05) is 13.1 Å². The smallest absolute Gasteiger partial charge is 0.387 e. The number of halogens is 3. The van der Waals surface area contributed by atoms with Crippen molar-refractivity contribution in [1.29, 1.82) is 0 Å². The molecule has 1 aromatic heterocycles. The number of carbonyl (C=O) groups is 1. The van der Waals surface area contributed by atoms with Gasteiger partial charge in [-0.3, -0.25) is 4.79 Å². The first-order valence-electron chi connectivity index (χ1n) is 8.46. The molecule has 0 spiro atoms. The molecule has 2 N–H and O–H groups in total. The molecule has 1 aliphatic heterocycles. The van der Waals surface area contributed by atoms with Crippen molar-refractivity contribution in [3.05, 3.63) is 41.3 Å². The van der Waals surface area contributed by atoms with Gasteiger partial charge in [0.2, 0.25) is 0 Å². The van der Waals surface area contributed by atoms with E-state index in [9.17, 15) is 13.6 Å². The first-order chi connectivity index (χ1) is 12.3. The molecule has 4 nitrogen and oxygen atoms in total. The Bertz CT molecular complexity index is 780. The molecule has 1 fully saturated rings. The lowest BCUT2D eigenvalue weighted by Crippen LogP contribution is -2.53.